The first-order valence-corrected chi connectivity index (χ1v) is 8.34. The number of hydrogen-bond acceptors (Lipinski definition) is 6. The van der Waals surface area contributed by atoms with Crippen molar-refractivity contribution in [3.05, 3.63) is 72.1 Å². The number of allylic oxidation sites excluding steroid dienone is 1. The lowest BCUT2D eigenvalue weighted by atomic mass is 10.2. The molecular weight excluding hydrogens is 349 g/mol. The molecule has 0 fully saturated rings. The van der Waals surface area contributed by atoms with Gasteiger partial charge in [0, 0.05) is 6.54 Å². The third-order valence-corrected chi connectivity index (χ3v) is 3.82. The van der Waals surface area contributed by atoms with Crippen LogP contribution in [-0.4, -0.2) is 27.3 Å². The van der Waals surface area contributed by atoms with Gasteiger partial charge < -0.3 is 14.8 Å². The van der Waals surface area contributed by atoms with Crippen LogP contribution >= 0.6 is 0 Å². The van der Waals surface area contributed by atoms with Gasteiger partial charge in [0.05, 0.1) is 13.7 Å². The van der Waals surface area contributed by atoms with Gasteiger partial charge in [-0.2, -0.15) is 0 Å². The number of benzene rings is 2. The zero-order chi connectivity index (χ0) is 19.1. The summed E-state index contributed by atoms with van der Waals surface area (Å²) in [4.78, 5) is 0. The molecule has 1 aromatic heterocycles. The molecule has 0 amide bonds. The number of nitrogens with zero attached hydrogens (tertiary/aromatic N) is 4. The van der Waals surface area contributed by atoms with E-state index in [1.165, 1.54) is 12.1 Å². The summed E-state index contributed by atoms with van der Waals surface area (Å²) < 4.78 is 25.8. The van der Waals surface area contributed by atoms with E-state index in [0.717, 1.165) is 11.1 Å². The van der Waals surface area contributed by atoms with Crippen molar-refractivity contribution in [1.29, 1.82) is 0 Å². The van der Waals surface area contributed by atoms with Crippen LogP contribution in [0.3, 0.4) is 0 Å². The zero-order valence-corrected chi connectivity index (χ0v) is 14.9. The van der Waals surface area contributed by atoms with E-state index in [1.807, 2.05) is 18.2 Å². The highest BCUT2D eigenvalue weighted by molar-refractivity contribution is 5.44. The zero-order valence-electron chi connectivity index (χ0n) is 14.9. The summed E-state index contributed by atoms with van der Waals surface area (Å²) in [6.45, 7) is 5.04. The van der Waals surface area contributed by atoms with Gasteiger partial charge in [0.2, 0.25) is 5.95 Å². The van der Waals surface area contributed by atoms with E-state index in [1.54, 1.807) is 30.0 Å². The minimum absolute atomic E-state index is 0.271. The quantitative estimate of drug-likeness (QED) is 0.584. The number of rotatable bonds is 9. The summed E-state index contributed by atoms with van der Waals surface area (Å²) >= 11 is 0. The first-order chi connectivity index (χ1) is 13.2. The highest BCUT2D eigenvalue weighted by Gasteiger charge is 2.08. The monoisotopic (exact) mass is 369 g/mol. The van der Waals surface area contributed by atoms with Crippen molar-refractivity contribution in [3.63, 3.8) is 0 Å². The Morgan fingerprint density at radius 2 is 1.93 bits per heavy atom. The average Bonchev–Trinajstić information content (AvgIpc) is 3.13. The van der Waals surface area contributed by atoms with Gasteiger partial charge in [0.1, 0.15) is 12.4 Å². The van der Waals surface area contributed by atoms with E-state index in [0.29, 0.717) is 37.1 Å². The summed E-state index contributed by atoms with van der Waals surface area (Å²) in [5, 5.41) is 14.6. The first-order valence-electron chi connectivity index (χ1n) is 8.34. The Bertz CT molecular complexity index is 895. The van der Waals surface area contributed by atoms with E-state index in [4.69, 9.17) is 9.47 Å². The first kappa shape index (κ1) is 18.4. The van der Waals surface area contributed by atoms with E-state index in [-0.39, 0.29) is 5.82 Å². The molecule has 0 spiro atoms. The summed E-state index contributed by atoms with van der Waals surface area (Å²) in [6, 6.07) is 11.8. The van der Waals surface area contributed by atoms with Crippen LogP contribution in [0, 0.1) is 5.82 Å². The minimum Gasteiger partial charge on any atom is -0.493 e. The molecule has 0 unspecified atom stereocenters. The largest absolute Gasteiger partial charge is 0.493 e. The van der Waals surface area contributed by atoms with Crippen molar-refractivity contribution in [3.8, 4) is 11.5 Å². The average molecular weight is 369 g/mol. The van der Waals surface area contributed by atoms with Crippen molar-refractivity contribution in [1.82, 2.24) is 20.2 Å². The molecule has 3 rings (SSSR count). The number of nitrogens with one attached hydrogen (secondary N) is 1. The number of ether oxygens (including phenoxy) is 2. The van der Waals surface area contributed by atoms with Gasteiger partial charge in [0.25, 0.3) is 0 Å². The second-order valence-electron chi connectivity index (χ2n) is 5.73. The minimum atomic E-state index is -0.271. The second kappa shape index (κ2) is 8.79. The van der Waals surface area contributed by atoms with Crippen LogP contribution in [-0.2, 0) is 19.7 Å². The molecule has 140 valence electrons. The molecule has 0 radical (unpaired) electrons. The second-order valence-corrected chi connectivity index (χ2v) is 5.73. The molecule has 2 aromatic carbocycles. The smallest absolute Gasteiger partial charge is 0.243 e. The molecule has 0 saturated heterocycles. The van der Waals surface area contributed by atoms with Gasteiger partial charge in [-0.05, 0) is 45.8 Å². The highest BCUT2D eigenvalue weighted by Crippen LogP contribution is 2.29. The number of halogens is 1. The normalized spacial score (nSPS) is 10.4. The van der Waals surface area contributed by atoms with E-state index in [9.17, 15) is 4.39 Å². The molecule has 1 heterocycles. The van der Waals surface area contributed by atoms with Crippen LogP contribution in [0.2, 0.25) is 0 Å². The van der Waals surface area contributed by atoms with Gasteiger partial charge in [-0.3, -0.25) is 0 Å². The Morgan fingerprint density at radius 1 is 1.15 bits per heavy atom. The van der Waals surface area contributed by atoms with Gasteiger partial charge in [-0.15, -0.1) is 6.58 Å². The molecule has 0 bridgehead atoms. The van der Waals surface area contributed by atoms with Gasteiger partial charge in [-0.25, -0.2) is 9.07 Å². The predicted molar refractivity (Wildman–Crippen MR) is 99.1 cm³/mol. The number of anilines is 1. The lowest BCUT2D eigenvalue weighted by molar-refractivity contribution is 0.284. The maximum atomic E-state index is 13.0. The summed E-state index contributed by atoms with van der Waals surface area (Å²) in [6.07, 6.45) is 1.72. The number of tetrazole rings is 1. The summed E-state index contributed by atoms with van der Waals surface area (Å²) in [5.74, 6) is 1.52. The van der Waals surface area contributed by atoms with Gasteiger partial charge >= 0.3 is 0 Å². The van der Waals surface area contributed by atoms with Crippen molar-refractivity contribution in [2.24, 2.45) is 0 Å². The lowest BCUT2D eigenvalue weighted by Crippen LogP contribution is -2.08. The fraction of sp³-hybridized carbons (Fsp3) is 0.211. The molecule has 1 N–H and O–H groups in total. The summed E-state index contributed by atoms with van der Waals surface area (Å²) in [7, 11) is 1.59. The van der Waals surface area contributed by atoms with Crippen LogP contribution in [0.5, 0.6) is 11.5 Å². The van der Waals surface area contributed by atoms with Gasteiger partial charge in [0.15, 0.2) is 11.5 Å². The molecule has 0 aliphatic carbocycles. The SMILES string of the molecule is C=CCn1nnnc1NCc1ccc(OCc2ccc(F)cc2)c(OC)c1. The molecule has 0 aliphatic heterocycles. The topological polar surface area (TPSA) is 74.1 Å². The molecule has 27 heavy (non-hydrogen) atoms. The van der Waals surface area contributed by atoms with E-state index < -0.39 is 0 Å². The molecule has 8 heteroatoms. The molecule has 0 aliphatic rings. The fourth-order valence-electron chi connectivity index (χ4n) is 2.44. The molecule has 0 saturated carbocycles. The number of methoxy groups -OCH3 is 1. The maximum Gasteiger partial charge on any atom is 0.243 e. The maximum absolute atomic E-state index is 13.0. The standard InChI is InChI=1S/C19H20FN5O2/c1-3-10-25-19(22-23-24-25)21-12-15-6-9-17(18(11-15)26-2)27-13-14-4-7-16(20)8-5-14/h3-9,11H,1,10,12-13H2,2H3,(H,21,22,24). The predicted octanol–water partition coefficient (Wildman–Crippen LogP) is 3.20. The fourth-order valence-corrected chi connectivity index (χ4v) is 2.44. The van der Waals surface area contributed by atoms with Crippen molar-refractivity contribution < 1.29 is 13.9 Å². The van der Waals surface area contributed by atoms with E-state index >= 15 is 0 Å². The van der Waals surface area contributed by atoms with Crippen LogP contribution in [0.4, 0.5) is 10.3 Å². The lowest BCUT2D eigenvalue weighted by Gasteiger charge is -2.13. The van der Waals surface area contributed by atoms with Crippen LogP contribution in [0.25, 0.3) is 0 Å². The van der Waals surface area contributed by atoms with Crippen molar-refractivity contribution >= 4 is 5.95 Å². The Hall–Kier alpha value is -3.42. The number of aromatic nitrogens is 4. The summed E-state index contributed by atoms with van der Waals surface area (Å²) in [5.41, 5.74) is 1.85. The van der Waals surface area contributed by atoms with Crippen LogP contribution < -0.4 is 14.8 Å². The third kappa shape index (κ3) is 4.81. The molecule has 0 atom stereocenters. The highest BCUT2D eigenvalue weighted by atomic mass is 19.1. The van der Waals surface area contributed by atoms with Crippen molar-refractivity contribution in [2.45, 2.75) is 19.7 Å². The van der Waals surface area contributed by atoms with Gasteiger partial charge in [-0.1, -0.05) is 29.4 Å². The Labute approximate surface area is 156 Å². The third-order valence-electron chi connectivity index (χ3n) is 3.82. The molecular formula is C19H20FN5O2. The van der Waals surface area contributed by atoms with Crippen molar-refractivity contribution in [2.75, 3.05) is 12.4 Å². The molecule has 3 aromatic rings. The van der Waals surface area contributed by atoms with Crippen LogP contribution in [0.1, 0.15) is 11.1 Å². The van der Waals surface area contributed by atoms with E-state index in [2.05, 4.69) is 27.4 Å². The Morgan fingerprint density at radius 3 is 2.67 bits per heavy atom. The molecule has 7 nitrogen and oxygen atoms in total. The number of hydrogen-bond donors (Lipinski definition) is 1. The Kier molecular flexibility index (Phi) is 5.98. The Balaban J connectivity index is 1.63. The van der Waals surface area contributed by atoms with Crippen LogP contribution in [0.15, 0.2) is 55.1 Å².